The van der Waals surface area contributed by atoms with E-state index in [0.29, 0.717) is 24.6 Å². The lowest BCUT2D eigenvalue weighted by atomic mass is 9.96. The van der Waals surface area contributed by atoms with Gasteiger partial charge in [0.15, 0.2) is 5.65 Å². The molecule has 33 heavy (non-hydrogen) atoms. The van der Waals surface area contributed by atoms with Crippen molar-refractivity contribution in [2.75, 3.05) is 26.3 Å². The number of likely N-dealkylation sites (tertiary alicyclic amines) is 1. The number of ether oxygens (including phenoxy) is 2. The Balaban J connectivity index is 1.30. The molecule has 7 nitrogen and oxygen atoms in total. The SMILES string of the molecule is O=C(c1ccc(OC(F)(F)F)cc1)N1CC[C@H](c2c[nH]c3ncc(C4CCOCC4)nc23)C1. The van der Waals surface area contributed by atoms with E-state index in [0.717, 1.165) is 67.0 Å². The van der Waals surface area contributed by atoms with E-state index in [-0.39, 0.29) is 17.6 Å². The third-order valence-electron chi connectivity index (χ3n) is 6.32. The highest BCUT2D eigenvalue weighted by atomic mass is 19.4. The smallest absolute Gasteiger partial charge is 0.406 e. The number of amides is 1. The number of aromatic amines is 1. The fourth-order valence-electron chi connectivity index (χ4n) is 4.61. The first kappa shape index (κ1) is 21.7. The van der Waals surface area contributed by atoms with Crippen molar-refractivity contribution >= 4 is 17.1 Å². The Bertz CT molecular complexity index is 1140. The number of nitrogens with one attached hydrogen (secondary N) is 1. The first-order chi connectivity index (χ1) is 15.9. The molecule has 4 heterocycles. The maximum absolute atomic E-state index is 12.9. The molecule has 1 N–H and O–H groups in total. The number of fused-ring (bicyclic) bond motifs is 1. The number of benzene rings is 1. The second kappa shape index (κ2) is 8.66. The van der Waals surface area contributed by atoms with Gasteiger partial charge in [0.2, 0.25) is 0 Å². The van der Waals surface area contributed by atoms with Crippen molar-refractivity contribution in [3.8, 4) is 5.75 Å². The number of H-pyrrole nitrogens is 1. The van der Waals surface area contributed by atoms with E-state index in [9.17, 15) is 18.0 Å². The van der Waals surface area contributed by atoms with Crippen molar-refractivity contribution in [1.29, 1.82) is 0 Å². The predicted octanol–water partition coefficient (Wildman–Crippen LogP) is 4.38. The number of nitrogens with zero attached hydrogens (tertiary/aromatic N) is 3. The van der Waals surface area contributed by atoms with Crippen LogP contribution in [0, 0.1) is 0 Å². The molecule has 2 aliphatic rings. The third-order valence-corrected chi connectivity index (χ3v) is 6.32. The van der Waals surface area contributed by atoms with Crippen LogP contribution >= 0.6 is 0 Å². The van der Waals surface area contributed by atoms with Crippen molar-refractivity contribution in [2.24, 2.45) is 0 Å². The Morgan fingerprint density at radius 3 is 2.61 bits per heavy atom. The molecule has 3 aromatic rings. The number of carbonyl (C=O) groups is 1. The van der Waals surface area contributed by atoms with E-state index in [1.165, 1.54) is 12.1 Å². The summed E-state index contributed by atoms with van der Waals surface area (Å²) in [5.74, 6) is -0.125. The van der Waals surface area contributed by atoms with Crippen LogP contribution in [0.4, 0.5) is 13.2 Å². The Hall–Kier alpha value is -3.14. The molecule has 2 aliphatic heterocycles. The molecule has 0 radical (unpaired) electrons. The largest absolute Gasteiger partial charge is 0.573 e. The number of halogens is 3. The molecule has 0 unspecified atom stereocenters. The number of rotatable bonds is 4. The minimum absolute atomic E-state index is 0.106. The summed E-state index contributed by atoms with van der Waals surface area (Å²) in [7, 11) is 0. The summed E-state index contributed by atoms with van der Waals surface area (Å²) in [5, 5.41) is 0. The molecule has 2 saturated heterocycles. The van der Waals surface area contributed by atoms with Gasteiger partial charge in [-0.2, -0.15) is 0 Å². The van der Waals surface area contributed by atoms with Gasteiger partial charge in [0.1, 0.15) is 11.3 Å². The van der Waals surface area contributed by atoms with Gasteiger partial charge in [-0.1, -0.05) is 0 Å². The van der Waals surface area contributed by atoms with Crippen molar-refractivity contribution in [3.63, 3.8) is 0 Å². The first-order valence-corrected chi connectivity index (χ1v) is 10.9. The van der Waals surface area contributed by atoms with Crippen molar-refractivity contribution in [1.82, 2.24) is 19.9 Å². The lowest BCUT2D eigenvalue weighted by Gasteiger charge is -2.21. The molecule has 0 spiro atoms. The van der Waals surface area contributed by atoms with Gasteiger partial charge in [0, 0.05) is 55.5 Å². The molecule has 2 aromatic heterocycles. The quantitative estimate of drug-likeness (QED) is 0.625. The molecule has 2 fully saturated rings. The van der Waals surface area contributed by atoms with Crippen LogP contribution in [0.3, 0.4) is 0 Å². The maximum atomic E-state index is 12.9. The number of hydrogen-bond acceptors (Lipinski definition) is 5. The average Bonchev–Trinajstić information content (AvgIpc) is 3.45. The minimum atomic E-state index is -4.76. The van der Waals surface area contributed by atoms with Crippen molar-refractivity contribution in [3.05, 3.63) is 53.5 Å². The van der Waals surface area contributed by atoms with Gasteiger partial charge < -0.3 is 19.4 Å². The summed E-state index contributed by atoms with van der Waals surface area (Å²) >= 11 is 0. The highest BCUT2D eigenvalue weighted by molar-refractivity contribution is 5.94. The maximum Gasteiger partial charge on any atom is 0.573 e. The van der Waals surface area contributed by atoms with Gasteiger partial charge in [-0.3, -0.25) is 4.79 Å². The average molecular weight is 460 g/mol. The zero-order valence-electron chi connectivity index (χ0n) is 17.8. The fraction of sp³-hybridized carbons (Fsp3) is 0.435. The molecule has 5 rings (SSSR count). The summed E-state index contributed by atoms with van der Waals surface area (Å²) in [6.07, 6.45) is 1.62. The van der Waals surface area contributed by atoms with Gasteiger partial charge in [-0.05, 0) is 43.5 Å². The summed E-state index contributed by atoms with van der Waals surface area (Å²) in [5.41, 5.74) is 3.90. The van der Waals surface area contributed by atoms with Crippen LogP contribution in [0.15, 0.2) is 36.7 Å². The van der Waals surface area contributed by atoms with Crippen LogP contribution in [0.1, 0.15) is 52.7 Å². The molecule has 0 bridgehead atoms. The predicted molar refractivity (Wildman–Crippen MR) is 113 cm³/mol. The topological polar surface area (TPSA) is 80.3 Å². The highest BCUT2D eigenvalue weighted by Crippen LogP contribution is 2.34. The van der Waals surface area contributed by atoms with E-state index in [1.807, 2.05) is 12.4 Å². The number of aromatic nitrogens is 3. The van der Waals surface area contributed by atoms with Gasteiger partial charge in [0.25, 0.3) is 5.91 Å². The van der Waals surface area contributed by atoms with Crippen molar-refractivity contribution in [2.45, 2.75) is 37.5 Å². The molecule has 1 amide bonds. The summed E-state index contributed by atoms with van der Waals surface area (Å²) in [4.78, 5) is 27.3. The fourth-order valence-corrected chi connectivity index (χ4v) is 4.61. The molecule has 1 aromatic carbocycles. The van der Waals surface area contributed by atoms with E-state index in [4.69, 9.17) is 9.72 Å². The molecule has 0 saturated carbocycles. The first-order valence-electron chi connectivity index (χ1n) is 10.9. The minimum Gasteiger partial charge on any atom is -0.406 e. The molecular weight excluding hydrogens is 437 g/mol. The monoisotopic (exact) mass is 460 g/mol. The zero-order valence-corrected chi connectivity index (χ0v) is 17.8. The summed E-state index contributed by atoms with van der Waals surface area (Å²) in [6, 6.07) is 5.02. The van der Waals surface area contributed by atoms with E-state index in [1.54, 1.807) is 4.90 Å². The van der Waals surface area contributed by atoms with E-state index in [2.05, 4.69) is 14.7 Å². The van der Waals surface area contributed by atoms with Crippen LogP contribution in [-0.2, 0) is 4.74 Å². The van der Waals surface area contributed by atoms with Crippen molar-refractivity contribution < 1.29 is 27.4 Å². The standard InChI is InChI=1S/C23H23F3N4O3/c24-23(25,26)33-17-3-1-15(2-4-17)22(31)30-8-5-16(13-30)18-11-27-21-20(18)29-19(12-28-21)14-6-9-32-10-7-14/h1-4,11-12,14,16H,5-10,13H2,(H,27,28)/t16-/m0/s1. The van der Waals surface area contributed by atoms with E-state index >= 15 is 0 Å². The van der Waals surface area contributed by atoms with Gasteiger partial charge in [0.05, 0.1) is 11.9 Å². The van der Waals surface area contributed by atoms with Crippen LogP contribution in [0.25, 0.3) is 11.2 Å². The van der Waals surface area contributed by atoms with Gasteiger partial charge in [-0.25, -0.2) is 9.97 Å². The Morgan fingerprint density at radius 2 is 1.88 bits per heavy atom. The van der Waals surface area contributed by atoms with Gasteiger partial charge >= 0.3 is 6.36 Å². The van der Waals surface area contributed by atoms with Gasteiger partial charge in [-0.15, -0.1) is 13.2 Å². The summed E-state index contributed by atoms with van der Waals surface area (Å²) in [6.45, 7) is 2.53. The number of hydrogen-bond donors (Lipinski definition) is 1. The lowest BCUT2D eigenvalue weighted by Crippen LogP contribution is -2.28. The molecule has 1 atom stereocenters. The number of alkyl halides is 3. The summed E-state index contributed by atoms with van der Waals surface area (Å²) < 4.78 is 46.4. The Kier molecular flexibility index (Phi) is 5.69. The number of carbonyl (C=O) groups excluding carboxylic acids is 1. The van der Waals surface area contributed by atoms with Crippen LogP contribution in [-0.4, -0.2) is 58.4 Å². The molecule has 0 aliphatic carbocycles. The normalized spacial score (nSPS) is 19.8. The van der Waals surface area contributed by atoms with E-state index < -0.39 is 6.36 Å². The second-order valence-corrected chi connectivity index (χ2v) is 8.43. The van der Waals surface area contributed by atoms with Crippen LogP contribution < -0.4 is 4.74 Å². The van der Waals surface area contributed by atoms with Crippen LogP contribution in [0.5, 0.6) is 5.75 Å². The highest BCUT2D eigenvalue weighted by Gasteiger charge is 2.32. The second-order valence-electron chi connectivity index (χ2n) is 8.43. The molecular formula is C23H23F3N4O3. The molecule has 174 valence electrons. The lowest BCUT2D eigenvalue weighted by molar-refractivity contribution is -0.274. The Morgan fingerprint density at radius 1 is 1.12 bits per heavy atom. The van der Waals surface area contributed by atoms with Crippen LogP contribution in [0.2, 0.25) is 0 Å². The Labute approximate surface area is 187 Å². The zero-order chi connectivity index (χ0) is 23.0. The molecule has 10 heteroatoms. The third kappa shape index (κ3) is 4.66.